The Morgan fingerprint density at radius 2 is 2.55 bits per heavy atom. The van der Waals surface area contributed by atoms with E-state index in [1.54, 1.807) is 0 Å². The van der Waals surface area contributed by atoms with Crippen molar-refractivity contribution < 1.29 is 9.53 Å². The molecule has 0 N–H and O–H groups in total. The van der Waals surface area contributed by atoms with Crippen LogP contribution < -0.4 is 0 Å². The number of ketones is 1. The van der Waals surface area contributed by atoms with Crippen LogP contribution in [0.5, 0.6) is 0 Å². The normalized spacial score (nSPS) is 40.7. The van der Waals surface area contributed by atoms with Gasteiger partial charge >= 0.3 is 0 Å². The van der Waals surface area contributed by atoms with E-state index in [1.165, 1.54) is 0 Å². The molecule has 2 aliphatic rings. The van der Waals surface area contributed by atoms with E-state index in [4.69, 9.17) is 10.3 Å². The third kappa shape index (κ3) is 0.895. The molecule has 0 spiro atoms. The van der Waals surface area contributed by atoms with E-state index in [0.29, 0.717) is 12.8 Å². The lowest BCUT2D eigenvalue weighted by Gasteiger charge is -2.10. The van der Waals surface area contributed by atoms with Gasteiger partial charge in [-0.05, 0) is 12.0 Å². The van der Waals surface area contributed by atoms with Crippen molar-refractivity contribution in [3.8, 4) is 0 Å². The molecule has 3 atom stereocenters. The molecule has 2 fully saturated rings. The average Bonchev–Trinajstić information content (AvgIpc) is 2.47. The summed E-state index contributed by atoms with van der Waals surface area (Å²) in [5, 5.41) is 3.54. The van der Waals surface area contributed by atoms with Crippen LogP contribution >= 0.6 is 0 Å². The second-order valence-corrected chi connectivity index (χ2v) is 2.84. The van der Waals surface area contributed by atoms with Crippen molar-refractivity contribution >= 4 is 5.78 Å². The highest BCUT2D eigenvalue weighted by molar-refractivity contribution is 5.86. The number of hydrogen-bond acceptors (Lipinski definition) is 3. The maximum atomic E-state index is 10.9. The summed E-state index contributed by atoms with van der Waals surface area (Å²) in [7, 11) is 0. The Balaban J connectivity index is 2.13. The Kier molecular flexibility index (Phi) is 1.34. The minimum Gasteiger partial charge on any atom is -0.366 e. The van der Waals surface area contributed by atoms with Gasteiger partial charge in [0.2, 0.25) is 0 Å². The standard InChI is InChI=1S/C6H7N3O2/c7-9-8-3-1-6-4(10)2-5(3)11-6/h3,5-6H,1-2H2/t3-,5+,6+/m0/s1. The Hall–Kier alpha value is -1.06. The van der Waals surface area contributed by atoms with Crippen LogP contribution in [0.1, 0.15) is 12.8 Å². The summed E-state index contributed by atoms with van der Waals surface area (Å²) in [5.74, 6) is 0.152. The van der Waals surface area contributed by atoms with Crippen LogP contribution in [0.3, 0.4) is 0 Å². The van der Waals surface area contributed by atoms with Crippen LogP contribution in [0, 0.1) is 0 Å². The van der Waals surface area contributed by atoms with Gasteiger partial charge < -0.3 is 4.74 Å². The molecule has 2 heterocycles. The van der Waals surface area contributed by atoms with Crippen LogP contribution in [0.25, 0.3) is 10.4 Å². The van der Waals surface area contributed by atoms with Gasteiger partial charge in [0.25, 0.3) is 0 Å². The molecule has 0 unspecified atom stereocenters. The SMILES string of the molecule is [N-]=[N+]=N[C@H]1C[C@H]2O[C@@H]1CC2=O. The van der Waals surface area contributed by atoms with Gasteiger partial charge in [-0.2, -0.15) is 0 Å². The smallest absolute Gasteiger partial charge is 0.164 e. The van der Waals surface area contributed by atoms with E-state index in [1.807, 2.05) is 0 Å². The number of fused-ring (bicyclic) bond motifs is 2. The second kappa shape index (κ2) is 2.22. The minimum atomic E-state index is -0.282. The molecule has 0 aromatic rings. The summed E-state index contributed by atoms with van der Waals surface area (Å²) in [6, 6.07) is -0.109. The number of azide groups is 1. The molecule has 0 aromatic heterocycles. The monoisotopic (exact) mass is 153 g/mol. The first kappa shape index (κ1) is 6.64. The van der Waals surface area contributed by atoms with E-state index >= 15 is 0 Å². The fraction of sp³-hybridized carbons (Fsp3) is 0.833. The average molecular weight is 153 g/mol. The third-order valence-electron chi connectivity index (χ3n) is 2.19. The van der Waals surface area contributed by atoms with Gasteiger partial charge in [0.15, 0.2) is 5.78 Å². The van der Waals surface area contributed by atoms with Gasteiger partial charge in [-0.25, -0.2) is 0 Å². The molecule has 58 valence electrons. The highest BCUT2D eigenvalue weighted by Crippen LogP contribution is 2.33. The van der Waals surface area contributed by atoms with Gasteiger partial charge in [-0.3, -0.25) is 4.79 Å². The summed E-state index contributed by atoms with van der Waals surface area (Å²) in [6.45, 7) is 0. The molecule has 2 bridgehead atoms. The molecule has 2 saturated heterocycles. The van der Waals surface area contributed by atoms with Gasteiger partial charge in [0.05, 0.1) is 12.1 Å². The first-order valence-corrected chi connectivity index (χ1v) is 3.53. The minimum absolute atomic E-state index is 0.109. The van der Waals surface area contributed by atoms with Gasteiger partial charge in [0.1, 0.15) is 6.10 Å². The zero-order valence-corrected chi connectivity index (χ0v) is 5.80. The molecule has 5 nitrogen and oxygen atoms in total. The summed E-state index contributed by atoms with van der Waals surface area (Å²) >= 11 is 0. The van der Waals surface area contributed by atoms with E-state index in [0.717, 1.165) is 0 Å². The van der Waals surface area contributed by atoms with Crippen molar-refractivity contribution in [1.29, 1.82) is 0 Å². The number of hydrogen-bond donors (Lipinski definition) is 0. The topological polar surface area (TPSA) is 75.1 Å². The predicted molar refractivity (Wildman–Crippen MR) is 35.8 cm³/mol. The van der Waals surface area contributed by atoms with Crippen molar-refractivity contribution in [2.24, 2.45) is 5.11 Å². The third-order valence-corrected chi connectivity index (χ3v) is 2.19. The van der Waals surface area contributed by atoms with E-state index in [-0.39, 0.29) is 24.0 Å². The van der Waals surface area contributed by atoms with Gasteiger partial charge in [-0.15, -0.1) is 0 Å². The highest BCUT2D eigenvalue weighted by Gasteiger charge is 2.45. The predicted octanol–water partition coefficient (Wildman–Crippen LogP) is 0.796. The highest BCUT2D eigenvalue weighted by atomic mass is 16.5. The molecule has 0 aromatic carbocycles. The Labute approximate surface area is 63.0 Å². The lowest BCUT2D eigenvalue weighted by molar-refractivity contribution is -0.121. The molecular weight excluding hydrogens is 146 g/mol. The Bertz CT molecular complexity index is 246. The van der Waals surface area contributed by atoms with Crippen LogP contribution in [0.4, 0.5) is 0 Å². The summed E-state index contributed by atoms with van der Waals surface area (Å²) in [5.41, 5.74) is 8.14. The maximum Gasteiger partial charge on any atom is 0.164 e. The first-order valence-electron chi connectivity index (χ1n) is 3.53. The molecule has 11 heavy (non-hydrogen) atoms. The molecule has 2 rings (SSSR count). The lowest BCUT2D eigenvalue weighted by Crippen LogP contribution is -2.25. The van der Waals surface area contributed by atoms with Crippen LogP contribution in [-0.4, -0.2) is 24.0 Å². The summed E-state index contributed by atoms with van der Waals surface area (Å²) < 4.78 is 5.24. The molecule has 0 saturated carbocycles. The van der Waals surface area contributed by atoms with Gasteiger partial charge in [-0.1, -0.05) is 5.11 Å². The van der Waals surface area contributed by atoms with Crippen LogP contribution in [0.15, 0.2) is 5.11 Å². The first-order chi connectivity index (χ1) is 5.31. The number of ether oxygens (including phenoxy) is 1. The summed E-state index contributed by atoms with van der Waals surface area (Å²) in [4.78, 5) is 13.6. The number of Topliss-reactive ketones (excluding diaryl/α,β-unsaturated/α-hetero) is 1. The van der Waals surface area contributed by atoms with E-state index in [2.05, 4.69) is 10.0 Å². The number of carbonyl (C=O) groups excluding carboxylic acids is 1. The maximum absolute atomic E-state index is 10.9. The number of rotatable bonds is 1. The number of carbonyl (C=O) groups is 1. The van der Waals surface area contributed by atoms with Gasteiger partial charge in [0, 0.05) is 11.3 Å². The number of nitrogens with zero attached hydrogens (tertiary/aromatic N) is 3. The second-order valence-electron chi connectivity index (χ2n) is 2.84. The molecular formula is C6H7N3O2. The fourth-order valence-corrected chi connectivity index (χ4v) is 1.64. The lowest BCUT2D eigenvalue weighted by atomic mass is 9.95. The quantitative estimate of drug-likeness (QED) is 0.317. The van der Waals surface area contributed by atoms with Crippen LogP contribution in [-0.2, 0) is 9.53 Å². The van der Waals surface area contributed by atoms with Crippen molar-refractivity contribution in [1.82, 2.24) is 0 Å². The molecule has 5 heteroatoms. The largest absolute Gasteiger partial charge is 0.366 e. The zero-order valence-electron chi connectivity index (χ0n) is 5.80. The molecule has 0 radical (unpaired) electrons. The summed E-state index contributed by atoms with van der Waals surface area (Å²) in [6.07, 6.45) is 0.584. The van der Waals surface area contributed by atoms with E-state index < -0.39 is 0 Å². The molecule has 2 aliphatic heterocycles. The van der Waals surface area contributed by atoms with Crippen LogP contribution in [0.2, 0.25) is 0 Å². The zero-order chi connectivity index (χ0) is 7.84. The fourth-order valence-electron chi connectivity index (χ4n) is 1.64. The molecule has 0 amide bonds. The molecule has 0 aliphatic carbocycles. The van der Waals surface area contributed by atoms with Crippen molar-refractivity contribution in [2.45, 2.75) is 31.1 Å². The van der Waals surface area contributed by atoms with Crippen molar-refractivity contribution in [2.75, 3.05) is 0 Å². The Morgan fingerprint density at radius 1 is 1.73 bits per heavy atom. The van der Waals surface area contributed by atoms with Crippen molar-refractivity contribution in [3.05, 3.63) is 10.4 Å². The van der Waals surface area contributed by atoms with E-state index in [9.17, 15) is 4.79 Å². The Morgan fingerprint density at radius 3 is 3.00 bits per heavy atom. The van der Waals surface area contributed by atoms with Crippen molar-refractivity contribution in [3.63, 3.8) is 0 Å².